The zero-order valence-corrected chi connectivity index (χ0v) is 11.0. The lowest BCUT2D eigenvalue weighted by Crippen LogP contribution is -2.40. The number of hydrogen-bond donors (Lipinski definition) is 1. The molecule has 0 saturated heterocycles. The summed E-state index contributed by atoms with van der Waals surface area (Å²) in [6.45, 7) is 0.281. The third kappa shape index (κ3) is 4.45. The first kappa shape index (κ1) is 14.0. The van der Waals surface area contributed by atoms with Crippen LogP contribution in [0.25, 0.3) is 0 Å². The zero-order chi connectivity index (χ0) is 13.5. The number of amides is 2. The van der Waals surface area contributed by atoms with E-state index in [-0.39, 0.29) is 24.9 Å². The van der Waals surface area contributed by atoms with Crippen molar-refractivity contribution < 1.29 is 9.59 Å². The van der Waals surface area contributed by atoms with Gasteiger partial charge in [-0.25, -0.2) is 0 Å². The summed E-state index contributed by atoms with van der Waals surface area (Å²) < 4.78 is 0. The molecule has 5 nitrogen and oxygen atoms in total. The number of benzene rings is 1. The van der Waals surface area contributed by atoms with Crippen LogP contribution in [0.2, 0.25) is 0 Å². The topological polar surface area (TPSA) is 52.7 Å². The average Bonchev–Trinajstić information content (AvgIpc) is 2.36. The Hall–Kier alpha value is -2.04. The fourth-order valence-corrected chi connectivity index (χ4v) is 1.30. The molecule has 0 heterocycles. The second-order valence-corrected chi connectivity index (χ2v) is 4.26. The second kappa shape index (κ2) is 6.64. The third-order valence-corrected chi connectivity index (χ3v) is 2.51. The minimum Gasteiger partial charge on any atom is -0.376 e. The van der Waals surface area contributed by atoms with Gasteiger partial charge in [0.1, 0.15) is 0 Å². The molecule has 98 valence electrons. The van der Waals surface area contributed by atoms with Crippen LogP contribution < -0.4 is 5.32 Å². The Labute approximate surface area is 107 Å². The molecule has 0 aliphatic rings. The van der Waals surface area contributed by atoms with E-state index in [0.29, 0.717) is 0 Å². The van der Waals surface area contributed by atoms with E-state index in [2.05, 4.69) is 5.32 Å². The van der Waals surface area contributed by atoms with Crippen molar-refractivity contribution in [3.8, 4) is 0 Å². The monoisotopic (exact) mass is 249 g/mol. The molecule has 0 aromatic heterocycles. The maximum atomic E-state index is 11.8. The largest absolute Gasteiger partial charge is 0.376 e. The SMILES string of the molecule is CN(C)C(=O)CN(C)C(=O)CNc1ccccc1. The van der Waals surface area contributed by atoms with Crippen LogP contribution in [0.3, 0.4) is 0 Å². The molecule has 0 spiro atoms. The number of hydrogen-bond acceptors (Lipinski definition) is 3. The van der Waals surface area contributed by atoms with Crippen LogP contribution in [0.15, 0.2) is 30.3 Å². The quantitative estimate of drug-likeness (QED) is 0.833. The van der Waals surface area contributed by atoms with Gasteiger partial charge in [0, 0.05) is 26.8 Å². The number of carbonyl (C=O) groups excluding carboxylic acids is 2. The number of nitrogens with one attached hydrogen (secondary N) is 1. The number of para-hydroxylation sites is 1. The zero-order valence-electron chi connectivity index (χ0n) is 11.0. The van der Waals surface area contributed by atoms with Crippen molar-refractivity contribution in [1.82, 2.24) is 9.80 Å². The molecule has 1 aromatic rings. The highest BCUT2D eigenvalue weighted by molar-refractivity contribution is 5.86. The van der Waals surface area contributed by atoms with Crippen molar-refractivity contribution in [2.45, 2.75) is 0 Å². The molecule has 18 heavy (non-hydrogen) atoms. The van der Waals surface area contributed by atoms with Crippen LogP contribution in [-0.2, 0) is 9.59 Å². The van der Waals surface area contributed by atoms with Crippen LogP contribution >= 0.6 is 0 Å². The molecule has 0 unspecified atom stereocenters. The molecule has 0 fully saturated rings. The number of rotatable bonds is 5. The summed E-state index contributed by atoms with van der Waals surface area (Å²) in [5, 5.41) is 3.01. The van der Waals surface area contributed by atoms with Gasteiger partial charge in [-0.05, 0) is 12.1 Å². The maximum Gasteiger partial charge on any atom is 0.242 e. The van der Waals surface area contributed by atoms with Gasteiger partial charge in [0.25, 0.3) is 0 Å². The highest BCUT2D eigenvalue weighted by Crippen LogP contribution is 2.04. The standard InChI is InChI=1S/C13H19N3O2/c1-15(2)13(18)10-16(3)12(17)9-14-11-7-5-4-6-8-11/h4-8,14H,9-10H2,1-3H3. The first-order chi connectivity index (χ1) is 8.50. The van der Waals surface area contributed by atoms with Gasteiger partial charge >= 0.3 is 0 Å². The molecular weight excluding hydrogens is 230 g/mol. The fourth-order valence-electron chi connectivity index (χ4n) is 1.30. The molecule has 0 bridgehead atoms. The highest BCUT2D eigenvalue weighted by atomic mass is 16.2. The lowest BCUT2D eigenvalue weighted by Gasteiger charge is -2.19. The summed E-state index contributed by atoms with van der Waals surface area (Å²) in [5.74, 6) is -0.209. The molecule has 0 saturated carbocycles. The summed E-state index contributed by atoms with van der Waals surface area (Å²) in [6.07, 6.45) is 0. The Kier molecular flexibility index (Phi) is 5.17. The predicted octanol–water partition coefficient (Wildman–Crippen LogP) is 0.645. The Bertz CT molecular complexity index is 404. The van der Waals surface area contributed by atoms with E-state index in [1.54, 1.807) is 21.1 Å². The normalized spacial score (nSPS) is 9.72. The molecule has 2 amide bonds. The van der Waals surface area contributed by atoms with Crippen LogP contribution in [-0.4, -0.2) is 55.8 Å². The summed E-state index contributed by atoms with van der Waals surface area (Å²) in [5.41, 5.74) is 0.887. The van der Waals surface area contributed by atoms with Gasteiger partial charge in [0.15, 0.2) is 0 Å². The highest BCUT2D eigenvalue weighted by Gasteiger charge is 2.13. The van der Waals surface area contributed by atoms with Gasteiger partial charge in [-0.1, -0.05) is 18.2 Å². The second-order valence-electron chi connectivity index (χ2n) is 4.26. The number of carbonyl (C=O) groups is 2. The van der Waals surface area contributed by atoms with Crippen LogP contribution in [0.4, 0.5) is 5.69 Å². The summed E-state index contributed by atoms with van der Waals surface area (Å²) in [4.78, 5) is 26.1. The molecule has 0 aliphatic heterocycles. The third-order valence-electron chi connectivity index (χ3n) is 2.51. The lowest BCUT2D eigenvalue weighted by molar-refractivity contribution is -0.137. The maximum absolute atomic E-state index is 11.8. The number of nitrogens with zero attached hydrogens (tertiary/aromatic N) is 2. The van der Waals surface area contributed by atoms with E-state index in [4.69, 9.17) is 0 Å². The molecule has 1 rings (SSSR count). The van der Waals surface area contributed by atoms with Gasteiger partial charge in [-0.2, -0.15) is 0 Å². The number of likely N-dealkylation sites (N-methyl/N-ethyl adjacent to an activating group) is 2. The van der Waals surface area contributed by atoms with Gasteiger partial charge in [-0.15, -0.1) is 0 Å². The minimum absolute atomic E-state index is 0.0921. The predicted molar refractivity (Wildman–Crippen MR) is 71.3 cm³/mol. The Morgan fingerprint density at radius 3 is 2.22 bits per heavy atom. The minimum atomic E-state index is -0.117. The molecule has 0 aliphatic carbocycles. The van der Waals surface area contributed by atoms with E-state index in [9.17, 15) is 9.59 Å². The summed E-state index contributed by atoms with van der Waals surface area (Å²) >= 11 is 0. The van der Waals surface area contributed by atoms with Gasteiger partial charge in [0.2, 0.25) is 11.8 Å². The number of anilines is 1. The van der Waals surface area contributed by atoms with E-state index in [0.717, 1.165) is 5.69 Å². The van der Waals surface area contributed by atoms with Crippen molar-refractivity contribution in [2.24, 2.45) is 0 Å². The van der Waals surface area contributed by atoms with Crippen molar-refractivity contribution in [3.05, 3.63) is 30.3 Å². The van der Waals surface area contributed by atoms with Crippen molar-refractivity contribution >= 4 is 17.5 Å². The van der Waals surface area contributed by atoms with Crippen LogP contribution in [0.5, 0.6) is 0 Å². The van der Waals surface area contributed by atoms with Gasteiger partial charge in [-0.3, -0.25) is 9.59 Å². The van der Waals surface area contributed by atoms with Gasteiger partial charge < -0.3 is 15.1 Å². The van der Waals surface area contributed by atoms with Crippen molar-refractivity contribution in [2.75, 3.05) is 39.5 Å². The van der Waals surface area contributed by atoms with Crippen molar-refractivity contribution in [3.63, 3.8) is 0 Å². The molecule has 0 radical (unpaired) electrons. The average molecular weight is 249 g/mol. The van der Waals surface area contributed by atoms with E-state index >= 15 is 0 Å². The molecule has 0 atom stereocenters. The first-order valence-corrected chi connectivity index (χ1v) is 5.73. The molecule has 1 N–H and O–H groups in total. The Balaban J connectivity index is 2.39. The van der Waals surface area contributed by atoms with Gasteiger partial charge in [0.05, 0.1) is 13.1 Å². The van der Waals surface area contributed by atoms with Crippen LogP contribution in [0.1, 0.15) is 0 Å². The summed E-state index contributed by atoms with van der Waals surface area (Å²) in [7, 11) is 4.96. The van der Waals surface area contributed by atoms with E-state index < -0.39 is 0 Å². The fraction of sp³-hybridized carbons (Fsp3) is 0.385. The van der Waals surface area contributed by atoms with Crippen LogP contribution in [0, 0.1) is 0 Å². The molecular formula is C13H19N3O2. The first-order valence-electron chi connectivity index (χ1n) is 5.73. The molecule has 5 heteroatoms. The Morgan fingerprint density at radius 2 is 1.67 bits per heavy atom. The Morgan fingerprint density at radius 1 is 1.06 bits per heavy atom. The summed E-state index contributed by atoms with van der Waals surface area (Å²) in [6, 6.07) is 9.48. The molecule has 1 aromatic carbocycles. The van der Waals surface area contributed by atoms with Crippen molar-refractivity contribution in [1.29, 1.82) is 0 Å². The van der Waals surface area contributed by atoms with E-state index in [1.807, 2.05) is 30.3 Å². The smallest absolute Gasteiger partial charge is 0.242 e. The lowest BCUT2D eigenvalue weighted by atomic mass is 10.3. The van der Waals surface area contributed by atoms with E-state index in [1.165, 1.54) is 9.80 Å².